The standard InChI is InChI=1S/C16H16N2O2/c1-12-7-9-15(17-11-12)18-16(20)10-8-14(19)13-5-3-2-4-6-13/h2-7,9,11H,8,10H2,1H3,(H,17,18,20). The van der Waals surface area contributed by atoms with Crippen molar-refractivity contribution in [2.75, 3.05) is 5.32 Å². The van der Waals surface area contributed by atoms with E-state index < -0.39 is 0 Å². The molecule has 0 aliphatic rings. The maximum absolute atomic E-state index is 11.9. The Morgan fingerprint density at radius 2 is 1.80 bits per heavy atom. The number of nitrogens with one attached hydrogen (secondary N) is 1. The molecule has 1 aromatic carbocycles. The predicted octanol–water partition coefficient (Wildman–Crippen LogP) is 2.99. The highest BCUT2D eigenvalue weighted by Gasteiger charge is 2.09. The molecule has 0 aliphatic carbocycles. The number of Topliss-reactive ketones (excluding diaryl/α,β-unsaturated/α-hetero) is 1. The molecule has 1 amide bonds. The SMILES string of the molecule is Cc1ccc(NC(=O)CCC(=O)c2ccccc2)nc1. The summed E-state index contributed by atoms with van der Waals surface area (Å²) in [6.07, 6.45) is 2.04. The highest BCUT2D eigenvalue weighted by molar-refractivity contribution is 5.99. The number of benzene rings is 1. The van der Waals surface area contributed by atoms with Gasteiger partial charge in [0.05, 0.1) is 0 Å². The quantitative estimate of drug-likeness (QED) is 0.848. The molecule has 0 aliphatic heterocycles. The van der Waals surface area contributed by atoms with E-state index in [0.717, 1.165) is 5.56 Å². The van der Waals surface area contributed by atoms with Crippen LogP contribution in [-0.2, 0) is 4.79 Å². The molecule has 0 saturated carbocycles. The molecule has 1 heterocycles. The summed E-state index contributed by atoms with van der Waals surface area (Å²) in [7, 11) is 0. The van der Waals surface area contributed by atoms with E-state index in [-0.39, 0.29) is 24.5 Å². The molecule has 0 fully saturated rings. The van der Waals surface area contributed by atoms with Gasteiger partial charge in [-0.1, -0.05) is 36.4 Å². The lowest BCUT2D eigenvalue weighted by molar-refractivity contribution is -0.116. The number of aryl methyl sites for hydroxylation is 1. The maximum Gasteiger partial charge on any atom is 0.225 e. The van der Waals surface area contributed by atoms with Crippen molar-refractivity contribution in [1.29, 1.82) is 0 Å². The molecule has 0 bridgehead atoms. The third-order valence-electron chi connectivity index (χ3n) is 2.85. The number of ketones is 1. The summed E-state index contributed by atoms with van der Waals surface area (Å²) >= 11 is 0. The molecule has 102 valence electrons. The third-order valence-corrected chi connectivity index (χ3v) is 2.85. The average Bonchev–Trinajstić information content (AvgIpc) is 2.48. The highest BCUT2D eigenvalue weighted by atomic mass is 16.2. The Kier molecular flexibility index (Phi) is 4.60. The fourth-order valence-corrected chi connectivity index (χ4v) is 1.74. The summed E-state index contributed by atoms with van der Waals surface area (Å²) in [6.45, 7) is 1.93. The van der Waals surface area contributed by atoms with Crippen LogP contribution in [0.1, 0.15) is 28.8 Å². The minimum Gasteiger partial charge on any atom is -0.311 e. The molecule has 0 spiro atoms. The molecular weight excluding hydrogens is 252 g/mol. The van der Waals surface area contributed by atoms with E-state index in [4.69, 9.17) is 0 Å². The first-order valence-corrected chi connectivity index (χ1v) is 6.46. The highest BCUT2D eigenvalue weighted by Crippen LogP contribution is 2.08. The number of anilines is 1. The zero-order valence-electron chi connectivity index (χ0n) is 11.3. The van der Waals surface area contributed by atoms with Crippen molar-refractivity contribution in [3.8, 4) is 0 Å². The van der Waals surface area contributed by atoms with Crippen LogP contribution in [0.4, 0.5) is 5.82 Å². The first kappa shape index (κ1) is 13.9. The number of hydrogen-bond acceptors (Lipinski definition) is 3. The summed E-state index contributed by atoms with van der Waals surface area (Å²) in [5.74, 6) is 0.274. The number of pyridine rings is 1. The molecule has 2 aromatic rings. The van der Waals surface area contributed by atoms with Crippen molar-refractivity contribution >= 4 is 17.5 Å². The Labute approximate surface area is 117 Å². The average molecular weight is 268 g/mol. The smallest absolute Gasteiger partial charge is 0.225 e. The Balaban J connectivity index is 1.83. The number of carbonyl (C=O) groups excluding carboxylic acids is 2. The Morgan fingerprint density at radius 3 is 2.45 bits per heavy atom. The summed E-state index contributed by atoms with van der Waals surface area (Å²) in [6, 6.07) is 12.6. The Bertz CT molecular complexity index is 592. The van der Waals surface area contributed by atoms with E-state index in [1.165, 1.54) is 0 Å². The van der Waals surface area contributed by atoms with Gasteiger partial charge in [-0.3, -0.25) is 9.59 Å². The minimum absolute atomic E-state index is 0.0300. The largest absolute Gasteiger partial charge is 0.311 e. The van der Waals surface area contributed by atoms with Gasteiger partial charge in [0.1, 0.15) is 5.82 Å². The van der Waals surface area contributed by atoms with Gasteiger partial charge in [-0.05, 0) is 18.6 Å². The molecule has 0 unspecified atom stereocenters. The van der Waals surface area contributed by atoms with Crippen molar-refractivity contribution in [1.82, 2.24) is 4.98 Å². The Hall–Kier alpha value is -2.49. The van der Waals surface area contributed by atoms with Crippen LogP contribution < -0.4 is 5.32 Å². The van der Waals surface area contributed by atoms with E-state index in [9.17, 15) is 9.59 Å². The van der Waals surface area contributed by atoms with Gasteiger partial charge in [0.15, 0.2) is 5.78 Å². The van der Waals surface area contributed by atoms with Crippen LogP contribution in [-0.4, -0.2) is 16.7 Å². The molecule has 20 heavy (non-hydrogen) atoms. The first-order chi connectivity index (χ1) is 9.65. The van der Waals surface area contributed by atoms with Crippen LogP contribution in [0.3, 0.4) is 0 Å². The van der Waals surface area contributed by atoms with E-state index in [0.29, 0.717) is 11.4 Å². The number of nitrogens with zero attached hydrogens (tertiary/aromatic N) is 1. The van der Waals surface area contributed by atoms with Crippen molar-refractivity contribution < 1.29 is 9.59 Å². The molecule has 0 radical (unpaired) electrons. The summed E-state index contributed by atoms with van der Waals surface area (Å²) in [4.78, 5) is 27.7. The molecule has 4 heteroatoms. The second kappa shape index (κ2) is 6.61. The number of rotatable bonds is 5. The molecule has 1 N–H and O–H groups in total. The Morgan fingerprint density at radius 1 is 1.05 bits per heavy atom. The topological polar surface area (TPSA) is 59.1 Å². The van der Waals surface area contributed by atoms with E-state index in [2.05, 4.69) is 10.3 Å². The summed E-state index contributed by atoms with van der Waals surface area (Å²) < 4.78 is 0. The van der Waals surface area contributed by atoms with Gasteiger partial charge in [-0.15, -0.1) is 0 Å². The van der Waals surface area contributed by atoms with Crippen LogP contribution in [0, 0.1) is 6.92 Å². The number of carbonyl (C=O) groups is 2. The van der Waals surface area contributed by atoms with Crippen LogP contribution in [0.5, 0.6) is 0 Å². The van der Waals surface area contributed by atoms with Crippen molar-refractivity contribution in [3.63, 3.8) is 0 Å². The van der Waals surface area contributed by atoms with E-state index in [1.807, 2.05) is 31.2 Å². The van der Waals surface area contributed by atoms with Crippen LogP contribution in [0.25, 0.3) is 0 Å². The monoisotopic (exact) mass is 268 g/mol. The maximum atomic E-state index is 11.9. The number of aromatic nitrogens is 1. The molecule has 2 rings (SSSR count). The predicted molar refractivity (Wildman–Crippen MR) is 77.6 cm³/mol. The molecule has 4 nitrogen and oxygen atoms in total. The van der Waals surface area contributed by atoms with Crippen LogP contribution >= 0.6 is 0 Å². The second-order valence-electron chi connectivity index (χ2n) is 4.56. The fraction of sp³-hybridized carbons (Fsp3) is 0.188. The van der Waals surface area contributed by atoms with Gasteiger partial charge in [0.2, 0.25) is 5.91 Å². The normalized spacial score (nSPS) is 10.1. The van der Waals surface area contributed by atoms with Crippen molar-refractivity contribution in [2.24, 2.45) is 0 Å². The lowest BCUT2D eigenvalue weighted by Crippen LogP contribution is -2.14. The lowest BCUT2D eigenvalue weighted by Gasteiger charge is -2.04. The van der Waals surface area contributed by atoms with E-state index in [1.54, 1.807) is 24.4 Å². The molecule has 0 saturated heterocycles. The zero-order chi connectivity index (χ0) is 14.4. The number of amides is 1. The second-order valence-corrected chi connectivity index (χ2v) is 4.56. The van der Waals surface area contributed by atoms with Gasteiger partial charge in [0.25, 0.3) is 0 Å². The van der Waals surface area contributed by atoms with Crippen molar-refractivity contribution in [2.45, 2.75) is 19.8 Å². The van der Waals surface area contributed by atoms with E-state index >= 15 is 0 Å². The third kappa shape index (κ3) is 4.02. The molecule has 0 atom stereocenters. The van der Waals surface area contributed by atoms with Gasteiger partial charge in [0, 0.05) is 24.6 Å². The van der Waals surface area contributed by atoms with Crippen LogP contribution in [0.2, 0.25) is 0 Å². The summed E-state index contributed by atoms with van der Waals surface area (Å²) in [5, 5.41) is 2.67. The van der Waals surface area contributed by atoms with Gasteiger partial charge >= 0.3 is 0 Å². The number of hydrogen-bond donors (Lipinski definition) is 1. The van der Waals surface area contributed by atoms with Gasteiger partial charge < -0.3 is 5.32 Å². The van der Waals surface area contributed by atoms with Crippen molar-refractivity contribution in [3.05, 3.63) is 59.8 Å². The van der Waals surface area contributed by atoms with Gasteiger partial charge in [-0.25, -0.2) is 4.98 Å². The van der Waals surface area contributed by atoms with Gasteiger partial charge in [-0.2, -0.15) is 0 Å². The first-order valence-electron chi connectivity index (χ1n) is 6.46. The minimum atomic E-state index is -0.203. The summed E-state index contributed by atoms with van der Waals surface area (Å²) in [5.41, 5.74) is 1.66. The molecule has 1 aromatic heterocycles. The molecular formula is C16H16N2O2. The fourth-order valence-electron chi connectivity index (χ4n) is 1.74. The zero-order valence-corrected chi connectivity index (χ0v) is 11.3. The van der Waals surface area contributed by atoms with Crippen LogP contribution in [0.15, 0.2) is 48.7 Å². The lowest BCUT2D eigenvalue weighted by atomic mass is 10.1.